The SMILES string of the molecule is CCCCC(CN)NS(=O)(=O)c1ccc2c(c1)N(C(C)=O)CC2. The number of fused-ring (bicyclic) bond motifs is 1. The van der Waals surface area contributed by atoms with Gasteiger partial charge in [0.2, 0.25) is 15.9 Å². The number of amides is 1. The monoisotopic (exact) mass is 339 g/mol. The summed E-state index contributed by atoms with van der Waals surface area (Å²) < 4.78 is 27.8. The zero-order valence-corrected chi connectivity index (χ0v) is 14.5. The molecule has 0 saturated heterocycles. The molecule has 0 spiro atoms. The van der Waals surface area contributed by atoms with Crippen molar-refractivity contribution in [2.75, 3.05) is 18.0 Å². The molecular formula is C16H25N3O3S. The summed E-state index contributed by atoms with van der Waals surface area (Å²) in [5.41, 5.74) is 7.36. The maximum atomic E-state index is 12.6. The summed E-state index contributed by atoms with van der Waals surface area (Å²) in [7, 11) is -3.64. The highest BCUT2D eigenvalue weighted by atomic mass is 32.2. The highest BCUT2D eigenvalue weighted by Crippen LogP contribution is 2.30. The van der Waals surface area contributed by atoms with Crippen LogP contribution in [0.25, 0.3) is 0 Å². The number of rotatable bonds is 7. The summed E-state index contributed by atoms with van der Waals surface area (Å²) in [6, 6.07) is 4.70. The number of anilines is 1. The summed E-state index contributed by atoms with van der Waals surface area (Å²) in [6.45, 7) is 4.41. The molecular weight excluding hydrogens is 314 g/mol. The summed E-state index contributed by atoms with van der Waals surface area (Å²) in [5, 5.41) is 0. The number of unbranched alkanes of at least 4 members (excludes halogenated alkanes) is 1. The van der Waals surface area contributed by atoms with Crippen molar-refractivity contribution in [3.05, 3.63) is 23.8 Å². The third-order valence-corrected chi connectivity index (χ3v) is 5.67. The van der Waals surface area contributed by atoms with Crippen LogP contribution in [0.5, 0.6) is 0 Å². The van der Waals surface area contributed by atoms with E-state index in [-0.39, 0.29) is 23.4 Å². The first-order valence-corrected chi connectivity index (χ1v) is 9.50. The molecule has 0 aliphatic carbocycles. The van der Waals surface area contributed by atoms with Gasteiger partial charge in [-0.05, 0) is 30.5 Å². The predicted molar refractivity (Wildman–Crippen MR) is 90.9 cm³/mol. The van der Waals surface area contributed by atoms with Crippen molar-refractivity contribution in [1.29, 1.82) is 0 Å². The molecule has 0 aromatic heterocycles. The van der Waals surface area contributed by atoms with Crippen molar-refractivity contribution < 1.29 is 13.2 Å². The van der Waals surface area contributed by atoms with Gasteiger partial charge in [-0.1, -0.05) is 25.8 Å². The lowest BCUT2D eigenvalue weighted by atomic mass is 10.1. The number of carbonyl (C=O) groups is 1. The Balaban J connectivity index is 2.24. The van der Waals surface area contributed by atoms with Crippen LogP contribution in [0, 0.1) is 0 Å². The van der Waals surface area contributed by atoms with Gasteiger partial charge in [0.25, 0.3) is 0 Å². The Morgan fingerprint density at radius 1 is 1.43 bits per heavy atom. The van der Waals surface area contributed by atoms with Gasteiger partial charge in [-0.2, -0.15) is 0 Å². The molecule has 128 valence electrons. The average molecular weight is 339 g/mol. The highest BCUT2D eigenvalue weighted by Gasteiger charge is 2.26. The van der Waals surface area contributed by atoms with Gasteiger partial charge in [0, 0.05) is 31.7 Å². The van der Waals surface area contributed by atoms with Crippen LogP contribution in [0.3, 0.4) is 0 Å². The fourth-order valence-corrected chi connectivity index (χ4v) is 4.12. The molecule has 1 amide bonds. The van der Waals surface area contributed by atoms with Crippen LogP contribution in [-0.4, -0.2) is 33.5 Å². The molecule has 0 bridgehead atoms. The number of nitrogens with zero attached hydrogens (tertiary/aromatic N) is 1. The molecule has 1 aliphatic heterocycles. The second-order valence-electron chi connectivity index (χ2n) is 5.91. The Hall–Kier alpha value is -1.44. The summed E-state index contributed by atoms with van der Waals surface area (Å²) in [6.07, 6.45) is 3.39. The maximum Gasteiger partial charge on any atom is 0.240 e. The lowest BCUT2D eigenvalue weighted by molar-refractivity contribution is -0.116. The predicted octanol–water partition coefficient (Wildman–Crippen LogP) is 1.39. The summed E-state index contributed by atoms with van der Waals surface area (Å²) >= 11 is 0. The van der Waals surface area contributed by atoms with E-state index in [0.29, 0.717) is 12.2 Å². The fraction of sp³-hybridized carbons (Fsp3) is 0.562. The van der Waals surface area contributed by atoms with Gasteiger partial charge in [0.05, 0.1) is 4.90 Å². The first kappa shape index (κ1) is 17.9. The van der Waals surface area contributed by atoms with Crippen LogP contribution in [0.15, 0.2) is 23.1 Å². The van der Waals surface area contributed by atoms with E-state index >= 15 is 0 Å². The average Bonchev–Trinajstić information content (AvgIpc) is 2.94. The normalized spacial score (nSPS) is 15.5. The highest BCUT2D eigenvalue weighted by molar-refractivity contribution is 7.89. The molecule has 6 nitrogen and oxygen atoms in total. The number of carbonyl (C=O) groups excluding carboxylic acids is 1. The minimum Gasteiger partial charge on any atom is -0.329 e. The molecule has 1 aromatic rings. The lowest BCUT2D eigenvalue weighted by Gasteiger charge is -2.18. The first-order chi connectivity index (χ1) is 10.9. The Labute approximate surface area is 138 Å². The third-order valence-electron chi connectivity index (χ3n) is 4.16. The number of sulfonamides is 1. The largest absolute Gasteiger partial charge is 0.329 e. The summed E-state index contributed by atoms with van der Waals surface area (Å²) in [4.78, 5) is 13.5. The van der Waals surface area contributed by atoms with Crippen LogP contribution in [-0.2, 0) is 21.2 Å². The van der Waals surface area contributed by atoms with Gasteiger partial charge < -0.3 is 10.6 Å². The Bertz CT molecular complexity index is 673. The Kier molecular flexibility index (Phi) is 5.78. The van der Waals surface area contributed by atoms with E-state index in [1.807, 2.05) is 0 Å². The van der Waals surface area contributed by atoms with E-state index < -0.39 is 10.0 Å². The zero-order chi connectivity index (χ0) is 17.0. The van der Waals surface area contributed by atoms with Crippen molar-refractivity contribution in [1.82, 2.24) is 4.72 Å². The van der Waals surface area contributed by atoms with Gasteiger partial charge in [0.1, 0.15) is 0 Å². The number of nitrogens with two attached hydrogens (primary N) is 1. The number of benzene rings is 1. The molecule has 0 saturated carbocycles. The molecule has 0 radical (unpaired) electrons. The minimum atomic E-state index is -3.64. The second kappa shape index (κ2) is 7.42. The molecule has 23 heavy (non-hydrogen) atoms. The molecule has 1 unspecified atom stereocenters. The van der Waals surface area contributed by atoms with E-state index in [4.69, 9.17) is 5.73 Å². The third kappa shape index (κ3) is 4.10. The molecule has 1 atom stereocenters. The maximum absolute atomic E-state index is 12.6. The number of nitrogens with one attached hydrogen (secondary N) is 1. The summed E-state index contributed by atoms with van der Waals surface area (Å²) in [5.74, 6) is -0.0750. The Morgan fingerprint density at radius 2 is 2.17 bits per heavy atom. The van der Waals surface area contributed by atoms with Crippen molar-refractivity contribution in [2.45, 2.75) is 50.5 Å². The molecule has 7 heteroatoms. The van der Waals surface area contributed by atoms with Crippen LogP contribution < -0.4 is 15.4 Å². The number of hydrogen-bond acceptors (Lipinski definition) is 4. The lowest BCUT2D eigenvalue weighted by Crippen LogP contribution is -2.40. The van der Waals surface area contributed by atoms with Crippen LogP contribution >= 0.6 is 0 Å². The van der Waals surface area contributed by atoms with Crippen molar-refractivity contribution in [3.8, 4) is 0 Å². The molecule has 1 aromatic carbocycles. The van der Waals surface area contributed by atoms with Crippen molar-refractivity contribution in [2.24, 2.45) is 5.73 Å². The second-order valence-corrected chi connectivity index (χ2v) is 7.62. The van der Waals surface area contributed by atoms with Gasteiger partial charge in [-0.25, -0.2) is 13.1 Å². The molecule has 3 N–H and O–H groups in total. The molecule has 1 aliphatic rings. The first-order valence-electron chi connectivity index (χ1n) is 8.02. The quantitative estimate of drug-likeness (QED) is 0.785. The van der Waals surface area contributed by atoms with E-state index in [9.17, 15) is 13.2 Å². The van der Waals surface area contributed by atoms with E-state index in [2.05, 4.69) is 11.6 Å². The van der Waals surface area contributed by atoms with Gasteiger partial charge in [-0.15, -0.1) is 0 Å². The Morgan fingerprint density at radius 3 is 2.78 bits per heavy atom. The molecule has 2 rings (SSSR count). The van der Waals surface area contributed by atoms with Gasteiger partial charge in [-0.3, -0.25) is 4.79 Å². The van der Waals surface area contributed by atoms with E-state index in [1.54, 1.807) is 23.1 Å². The minimum absolute atomic E-state index is 0.0750. The van der Waals surface area contributed by atoms with Crippen molar-refractivity contribution >= 4 is 21.6 Å². The standard InChI is InChI=1S/C16H25N3O3S/c1-3-4-5-14(11-17)18-23(21,22)15-7-6-13-8-9-19(12(2)20)16(13)10-15/h6-7,10,14,18H,3-5,8-9,11,17H2,1-2H3. The van der Waals surface area contributed by atoms with Crippen LogP contribution in [0.2, 0.25) is 0 Å². The van der Waals surface area contributed by atoms with Crippen LogP contribution in [0.1, 0.15) is 38.7 Å². The van der Waals surface area contributed by atoms with E-state index in [0.717, 1.165) is 31.2 Å². The number of hydrogen-bond donors (Lipinski definition) is 2. The molecule has 0 fully saturated rings. The van der Waals surface area contributed by atoms with Crippen molar-refractivity contribution in [3.63, 3.8) is 0 Å². The topological polar surface area (TPSA) is 92.5 Å². The smallest absolute Gasteiger partial charge is 0.240 e. The molecule has 1 heterocycles. The zero-order valence-electron chi connectivity index (χ0n) is 13.7. The van der Waals surface area contributed by atoms with Gasteiger partial charge >= 0.3 is 0 Å². The van der Waals surface area contributed by atoms with Crippen LogP contribution in [0.4, 0.5) is 5.69 Å². The fourth-order valence-electron chi connectivity index (χ4n) is 2.82. The van der Waals surface area contributed by atoms with Gasteiger partial charge in [0.15, 0.2) is 0 Å². The van der Waals surface area contributed by atoms with E-state index in [1.165, 1.54) is 6.92 Å².